The number of benzene rings is 1. The first kappa shape index (κ1) is 15.8. The Balaban J connectivity index is 1.43. The van der Waals surface area contributed by atoms with Crippen molar-refractivity contribution in [2.24, 2.45) is 5.41 Å². The van der Waals surface area contributed by atoms with Gasteiger partial charge in [0.1, 0.15) is 11.8 Å². The first-order valence-corrected chi connectivity index (χ1v) is 8.39. The van der Waals surface area contributed by atoms with Crippen molar-refractivity contribution in [1.82, 2.24) is 19.5 Å². The summed E-state index contributed by atoms with van der Waals surface area (Å²) in [5.74, 6) is 0.416. The van der Waals surface area contributed by atoms with E-state index in [0.29, 0.717) is 24.5 Å². The highest BCUT2D eigenvalue weighted by Crippen LogP contribution is 2.39. The summed E-state index contributed by atoms with van der Waals surface area (Å²) in [4.78, 5) is 12.7. The third-order valence-corrected chi connectivity index (χ3v) is 4.68. The molecular weight excluding hydrogens is 314 g/mol. The minimum Gasteiger partial charge on any atom is -0.382 e. The van der Waals surface area contributed by atoms with Gasteiger partial charge in [0.05, 0.1) is 25.6 Å². The molecule has 1 aromatic carbocycles. The minimum absolute atomic E-state index is 0.00534. The topological polar surface area (TPSA) is 78.9 Å². The zero-order valence-electron chi connectivity index (χ0n) is 14.2. The van der Waals surface area contributed by atoms with E-state index < -0.39 is 0 Å². The van der Waals surface area contributed by atoms with Crippen LogP contribution < -0.4 is 5.73 Å². The van der Waals surface area contributed by atoms with Gasteiger partial charge < -0.3 is 15.0 Å². The lowest BCUT2D eigenvalue weighted by Crippen LogP contribution is -2.20. The van der Waals surface area contributed by atoms with Gasteiger partial charge in [0.15, 0.2) is 11.5 Å². The van der Waals surface area contributed by atoms with Gasteiger partial charge in [-0.3, -0.25) is 0 Å². The summed E-state index contributed by atoms with van der Waals surface area (Å²) >= 11 is 0. The van der Waals surface area contributed by atoms with E-state index in [9.17, 15) is 0 Å². The van der Waals surface area contributed by atoms with Crippen LogP contribution in [0, 0.1) is 5.41 Å². The predicted octanol–water partition coefficient (Wildman–Crippen LogP) is 3.13. The van der Waals surface area contributed by atoms with Gasteiger partial charge in [0.25, 0.3) is 0 Å². The second kappa shape index (κ2) is 6.29. The molecule has 0 unspecified atom stereocenters. The number of hydrogen-bond donors (Lipinski definition) is 1. The maximum Gasteiger partial charge on any atom is 0.165 e. The highest BCUT2D eigenvalue weighted by molar-refractivity contribution is 5.81. The second-order valence-electron chi connectivity index (χ2n) is 6.85. The normalized spacial score (nSPS) is 22.7. The molecule has 0 fully saturated rings. The van der Waals surface area contributed by atoms with Gasteiger partial charge in [-0.15, -0.1) is 0 Å². The quantitative estimate of drug-likeness (QED) is 0.725. The van der Waals surface area contributed by atoms with Gasteiger partial charge >= 0.3 is 0 Å². The average Bonchev–Trinajstić information content (AvgIpc) is 3.21. The van der Waals surface area contributed by atoms with E-state index in [-0.39, 0.29) is 11.5 Å². The molecule has 2 N–H and O–H groups in total. The van der Waals surface area contributed by atoms with Crippen LogP contribution in [0.15, 0.2) is 55.1 Å². The molecule has 1 aliphatic rings. The molecule has 0 saturated carbocycles. The minimum atomic E-state index is -0.00534. The van der Waals surface area contributed by atoms with Crippen molar-refractivity contribution in [3.63, 3.8) is 0 Å². The summed E-state index contributed by atoms with van der Waals surface area (Å²) in [6, 6.07) is 10.4. The van der Waals surface area contributed by atoms with E-state index in [2.05, 4.69) is 50.7 Å². The molecule has 1 aliphatic carbocycles. The monoisotopic (exact) mass is 335 g/mol. The molecule has 3 aromatic rings. The van der Waals surface area contributed by atoms with E-state index in [1.165, 1.54) is 11.9 Å². The van der Waals surface area contributed by atoms with Gasteiger partial charge in [0.2, 0.25) is 0 Å². The molecule has 25 heavy (non-hydrogen) atoms. The highest BCUT2D eigenvalue weighted by Gasteiger charge is 2.32. The Labute approximate surface area is 146 Å². The molecule has 0 spiro atoms. The maximum absolute atomic E-state index is 5.96. The van der Waals surface area contributed by atoms with E-state index in [1.54, 1.807) is 6.33 Å². The molecule has 128 valence electrons. The Bertz CT molecular complexity index is 905. The van der Waals surface area contributed by atoms with Crippen molar-refractivity contribution >= 4 is 17.0 Å². The fourth-order valence-electron chi connectivity index (χ4n) is 3.34. The molecule has 6 nitrogen and oxygen atoms in total. The van der Waals surface area contributed by atoms with Gasteiger partial charge in [-0.25, -0.2) is 15.0 Å². The summed E-state index contributed by atoms with van der Waals surface area (Å²) in [5, 5.41) is 0. The van der Waals surface area contributed by atoms with Crippen LogP contribution in [-0.4, -0.2) is 26.1 Å². The van der Waals surface area contributed by atoms with E-state index >= 15 is 0 Å². The van der Waals surface area contributed by atoms with Crippen LogP contribution in [0.4, 0.5) is 5.82 Å². The van der Waals surface area contributed by atoms with Gasteiger partial charge in [-0.1, -0.05) is 49.4 Å². The third kappa shape index (κ3) is 3.13. The number of aromatic nitrogens is 4. The fraction of sp³-hybridized carbons (Fsp3) is 0.316. The van der Waals surface area contributed by atoms with Crippen LogP contribution in [0.2, 0.25) is 0 Å². The van der Waals surface area contributed by atoms with Crippen LogP contribution in [-0.2, 0) is 11.3 Å². The van der Waals surface area contributed by atoms with Crippen molar-refractivity contribution in [3.8, 4) is 0 Å². The van der Waals surface area contributed by atoms with Crippen molar-refractivity contribution in [2.45, 2.75) is 26.0 Å². The smallest absolute Gasteiger partial charge is 0.165 e. The molecule has 2 aromatic heterocycles. The molecule has 2 atom stereocenters. The number of allylic oxidation sites excluding steroid dienone is 1. The van der Waals surface area contributed by atoms with Crippen LogP contribution in [0.1, 0.15) is 24.9 Å². The first-order valence-electron chi connectivity index (χ1n) is 8.39. The van der Waals surface area contributed by atoms with Crippen molar-refractivity contribution in [3.05, 3.63) is 60.7 Å². The Morgan fingerprint density at radius 3 is 2.92 bits per heavy atom. The van der Waals surface area contributed by atoms with Crippen molar-refractivity contribution < 1.29 is 4.74 Å². The summed E-state index contributed by atoms with van der Waals surface area (Å²) in [6.07, 6.45) is 8.65. The Morgan fingerprint density at radius 2 is 2.08 bits per heavy atom. The molecular formula is C19H21N5O. The molecule has 0 bridgehead atoms. The number of nitrogens with zero attached hydrogens (tertiary/aromatic N) is 4. The molecule has 0 saturated heterocycles. The molecule has 0 amide bonds. The number of fused-ring (bicyclic) bond motifs is 1. The summed E-state index contributed by atoms with van der Waals surface area (Å²) in [5.41, 5.74) is 8.50. The maximum atomic E-state index is 5.96. The van der Waals surface area contributed by atoms with Crippen LogP contribution in [0.25, 0.3) is 11.2 Å². The number of imidazole rings is 1. The fourth-order valence-corrected chi connectivity index (χ4v) is 3.34. The summed E-state index contributed by atoms with van der Waals surface area (Å²) < 4.78 is 8.02. The van der Waals surface area contributed by atoms with Gasteiger partial charge in [-0.05, 0) is 12.0 Å². The number of ether oxygens (including phenoxy) is 1. The van der Waals surface area contributed by atoms with Crippen LogP contribution >= 0.6 is 0 Å². The number of hydrogen-bond acceptors (Lipinski definition) is 5. The lowest BCUT2D eigenvalue weighted by molar-refractivity contribution is 0.0610. The zero-order valence-corrected chi connectivity index (χ0v) is 14.2. The molecule has 0 aliphatic heterocycles. The second-order valence-corrected chi connectivity index (χ2v) is 6.85. The Hall–Kier alpha value is -2.73. The third-order valence-electron chi connectivity index (χ3n) is 4.68. The standard InChI is InChI=1S/C19H21N5O/c1-19(11-25-10-14-5-3-2-4-6-14)8-7-15(9-19)24-13-23-16-17(20)21-12-22-18(16)24/h2-8,12-13,15H,9-11H2,1H3,(H2,20,21,22)/t15-,19+/m0/s1. The largest absolute Gasteiger partial charge is 0.382 e. The van der Waals surface area contributed by atoms with E-state index in [0.717, 1.165) is 12.1 Å². The number of nitrogens with two attached hydrogens (primary N) is 1. The van der Waals surface area contributed by atoms with E-state index in [4.69, 9.17) is 10.5 Å². The van der Waals surface area contributed by atoms with Crippen molar-refractivity contribution in [1.29, 1.82) is 0 Å². The Morgan fingerprint density at radius 1 is 1.24 bits per heavy atom. The SMILES string of the molecule is C[C@@]1(COCc2ccccc2)C=C[C@H](n2cnc3c(N)ncnc32)C1. The first-order chi connectivity index (χ1) is 12.1. The predicted molar refractivity (Wildman–Crippen MR) is 96.7 cm³/mol. The van der Waals surface area contributed by atoms with Gasteiger partial charge in [-0.2, -0.15) is 0 Å². The average molecular weight is 335 g/mol. The number of anilines is 1. The Kier molecular flexibility index (Phi) is 3.97. The summed E-state index contributed by atoms with van der Waals surface area (Å²) in [7, 11) is 0. The number of nitrogen functional groups attached to an aromatic ring is 1. The van der Waals surface area contributed by atoms with E-state index in [1.807, 2.05) is 18.2 Å². The lowest BCUT2D eigenvalue weighted by Gasteiger charge is -2.24. The highest BCUT2D eigenvalue weighted by atomic mass is 16.5. The van der Waals surface area contributed by atoms with Gasteiger partial charge in [0, 0.05) is 5.41 Å². The molecule has 4 rings (SSSR count). The zero-order chi connectivity index (χ0) is 17.3. The number of rotatable bonds is 5. The van der Waals surface area contributed by atoms with Crippen LogP contribution in [0.3, 0.4) is 0 Å². The molecule has 0 radical (unpaired) electrons. The summed E-state index contributed by atoms with van der Waals surface area (Å²) in [6.45, 7) is 3.53. The molecule has 2 heterocycles. The lowest BCUT2D eigenvalue weighted by atomic mass is 9.90. The van der Waals surface area contributed by atoms with Crippen molar-refractivity contribution in [2.75, 3.05) is 12.3 Å². The van der Waals surface area contributed by atoms with Crippen LogP contribution in [0.5, 0.6) is 0 Å². The molecule has 6 heteroatoms.